The summed E-state index contributed by atoms with van der Waals surface area (Å²) in [6.07, 6.45) is 0.477. The lowest BCUT2D eigenvalue weighted by Gasteiger charge is -2.17. The minimum Gasteiger partial charge on any atom is -0.316 e. The van der Waals surface area contributed by atoms with Crippen LogP contribution in [0.3, 0.4) is 0 Å². The van der Waals surface area contributed by atoms with Crippen molar-refractivity contribution >= 4 is 11.6 Å². The van der Waals surface area contributed by atoms with E-state index in [4.69, 9.17) is 5.26 Å². The molecule has 1 N–H and O–H groups in total. The number of hydrogen-bond acceptors (Lipinski definition) is 3. The van der Waals surface area contributed by atoms with Crippen LogP contribution in [-0.2, 0) is 4.79 Å². The van der Waals surface area contributed by atoms with Crippen molar-refractivity contribution in [3.05, 3.63) is 29.8 Å². The Bertz CT molecular complexity index is 406. The zero-order valence-corrected chi connectivity index (χ0v) is 10.2. The summed E-state index contributed by atoms with van der Waals surface area (Å²) >= 11 is 0. The van der Waals surface area contributed by atoms with Gasteiger partial charge in [0.15, 0.2) is 0 Å². The summed E-state index contributed by atoms with van der Waals surface area (Å²) in [6.45, 7) is 3.57. The fourth-order valence-electron chi connectivity index (χ4n) is 1.44. The highest BCUT2D eigenvalue weighted by Crippen LogP contribution is 2.14. The Kier molecular flexibility index (Phi) is 5.18. The highest BCUT2D eigenvalue weighted by atomic mass is 16.2. The lowest BCUT2D eigenvalue weighted by Crippen LogP contribution is -2.29. The number of carbonyl (C=O) groups excluding carboxylic acids is 1. The second-order valence-electron chi connectivity index (χ2n) is 3.71. The van der Waals surface area contributed by atoms with Gasteiger partial charge in [0.25, 0.3) is 0 Å². The molecule has 1 aromatic carbocycles. The molecule has 0 heterocycles. The predicted molar refractivity (Wildman–Crippen MR) is 67.7 cm³/mol. The van der Waals surface area contributed by atoms with Crippen LogP contribution in [0.25, 0.3) is 0 Å². The monoisotopic (exact) mass is 231 g/mol. The van der Waals surface area contributed by atoms with Crippen molar-refractivity contribution in [3.63, 3.8) is 0 Å². The summed E-state index contributed by atoms with van der Waals surface area (Å²) in [7, 11) is 1.75. The Morgan fingerprint density at radius 1 is 1.41 bits per heavy atom. The lowest BCUT2D eigenvalue weighted by molar-refractivity contribution is -0.118. The molecule has 0 bridgehead atoms. The van der Waals surface area contributed by atoms with Gasteiger partial charge in [-0.25, -0.2) is 0 Å². The van der Waals surface area contributed by atoms with Crippen LogP contribution >= 0.6 is 0 Å². The smallest absolute Gasteiger partial charge is 0.227 e. The molecular weight excluding hydrogens is 214 g/mol. The molecule has 0 aliphatic carbocycles. The van der Waals surface area contributed by atoms with Gasteiger partial charge >= 0.3 is 0 Å². The van der Waals surface area contributed by atoms with Gasteiger partial charge in [-0.3, -0.25) is 4.79 Å². The largest absolute Gasteiger partial charge is 0.316 e. The van der Waals surface area contributed by atoms with Crippen molar-refractivity contribution in [1.29, 1.82) is 5.26 Å². The second kappa shape index (κ2) is 6.66. The third-order valence-corrected chi connectivity index (χ3v) is 2.52. The van der Waals surface area contributed by atoms with Crippen LogP contribution in [0.5, 0.6) is 0 Å². The van der Waals surface area contributed by atoms with E-state index in [-0.39, 0.29) is 5.91 Å². The van der Waals surface area contributed by atoms with E-state index in [1.54, 1.807) is 36.2 Å². The van der Waals surface area contributed by atoms with Crippen LogP contribution in [0.15, 0.2) is 24.3 Å². The van der Waals surface area contributed by atoms with Crippen molar-refractivity contribution in [1.82, 2.24) is 5.32 Å². The van der Waals surface area contributed by atoms with E-state index in [2.05, 4.69) is 11.4 Å². The molecule has 0 aliphatic heterocycles. The molecule has 4 nitrogen and oxygen atoms in total. The number of benzene rings is 1. The summed E-state index contributed by atoms with van der Waals surface area (Å²) < 4.78 is 0. The maximum Gasteiger partial charge on any atom is 0.227 e. The third-order valence-electron chi connectivity index (χ3n) is 2.52. The average Bonchev–Trinajstić information content (AvgIpc) is 2.38. The van der Waals surface area contributed by atoms with Crippen LogP contribution in [0.2, 0.25) is 0 Å². The maximum atomic E-state index is 11.8. The predicted octanol–water partition coefficient (Wildman–Crippen LogP) is 1.52. The first-order chi connectivity index (χ1) is 8.19. The number of amides is 1. The topological polar surface area (TPSA) is 56.1 Å². The highest BCUT2D eigenvalue weighted by Gasteiger charge is 2.09. The molecule has 1 amide bonds. The van der Waals surface area contributed by atoms with Gasteiger partial charge < -0.3 is 10.2 Å². The van der Waals surface area contributed by atoms with Gasteiger partial charge in [-0.2, -0.15) is 5.26 Å². The number of nitrogens with one attached hydrogen (secondary N) is 1. The zero-order valence-electron chi connectivity index (χ0n) is 10.2. The first kappa shape index (κ1) is 13.2. The fraction of sp³-hybridized carbons (Fsp3) is 0.385. The van der Waals surface area contributed by atoms with Crippen LogP contribution in [-0.4, -0.2) is 26.0 Å². The number of anilines is 1. The molecule has 0 saturated heterocycles. The van der Waals surface area contributed by atoms with Gasteiger partial charge in [0.1, 0.15) is 0 Å². The Morgan fingerprint density at radius 3 is 2.59 bits per heavy atom. The molecule has 0 aliphatic rings. The van der Waals surface area contributed by atoms with Crippen molar-refractivity contribution in [2.24, 2.45) is 0 Å². The van der Waals surface area contributed by atoms with Crippen molar-refractivity contribution in [3.8, 4) is 6.07 Å². The lowest BCUT2D eigenvalue weighted by atomic mass is 10.2. The van der Waals surface area contributed by atoms with Gasteiger partial charge in [-0.05, 0) is 30.8 Å². The molecule has 17 heavy (non-hydrogen) atoms. The van der Waals surface area contributed by atoms with Crippen molar-refractivity contribution < 1.29 is 4.79 Å². The summed E-state index contributed by atoms with van der Waals surface area (Å²) in [6, 6.07) is 9.04. The first-order valence-corrected chi connectivity index (χ1v) is 5.66. The molecule has 1 rings (SSSR count). The van der Waals surface area contributed by atoms with Crippen LogP contribution < -0.4 is 10.2 Å². The number of nitriles is 1. The van der Waals surface area contributed by atoms with E-state index in [9.17, 15) is 4.79 Å². The van der Waals surface area contributed by atoms with Crippen molar-refractivity contribution in [2.45, 2.75) is 13.3 Å². The molecule has 1 aromatic rings. The van der Waals surface area contributed by atoms with E-state index < -0.39 is 0 Å². The molecule has 0 spiro atoms. The number of hydrogen-bond donors (Lipinski definition) is 1. The van der Waals surface area contributed by atoms with E-state index in [0.29, 0.717) is 18.5 Å². The van der Waals surface area contributed by atoms with Gasteiger partial charge in [0.05, 0.1) is 11.6 Å². The summed E-state index contributed by atoms with van der Waals surface area (Å²) in [5.41, 5.74) is 1.41. The number of nitrogens with zero attached hydrogens (tertiary/aromatic N) is 2. The van der Waals surface area contributed by atoms with Crippen LogP contribution in [0.4, 0.5) is 5.69 Å². The van der Waals surface area contributed by atoms with E-state index in [0.717, 1.165) is 12.2 Å². The van der Waals surface area contributed by atoms with Gasteiger partial charge in [-0.15, -0.1) is 0 Å². The molecule has 0 aromatic heterocycles. The molecule has 0 saturated carbocycles. The first-order valence-electron chi connectivity index (χ1n) is 5.66. The van der Waals surface area contributed by atoms with Gasteiger partial charge in [0, 0.05) is 25.7 Å². The SMILES string of the molecule is CCNCCC(=O)N(C)c1ccc(C#N)cc1. The standard InChI is InChI=1S/C13H17N3O/c1-3-15-9-8-13(17)16(2)12-6-4-11(10-14)5-7-12/h4-7,15H,3,8-9H2,1-2H3. The Morgan fingerprint density at radius 2 is 2.06 bits per heavy atom. The number of carbonyl (C=O) groups is 1. The summed E-state index contributed by atoms with van der Waals surface area (Å²) in [5.74, 6) is 0.0654. The fourth-order valence-corrected chi connectivity index (χ4v) is 1.44. The molecule has 0 radical (unpaired) electrons. The van der Waals surface area contributed by atoms with E-state index in [1.807, 2.05) is 6.92 Å². The second-order valence-corrected chi connectivity index (χ2v) is 3.71. The molecule has 0 fully saturated rings. The summed E-state index contributed by atoms with van der Waals surface area (Å²) in [5, 5.41) is 11.8. The normalized spacial score (nSPS) is 9.71. The molecule has 4 heteroatoms. The minimum atomic E-state index is 0.0654. The average molecular weight is 231 g/mol. The van der Waals surface area contributed by atoms with Gasteiger partial charge in [-0.1, -0.05) is 6.92 Å². The quantitative estimate of drug-likeness (QED) is 0.782. The Labute approximate surface area is 102 Å². The Balaban J connectivity index is 2.59. The summed E-state index contributed by atoms with van der Waals surface area (Å²) in [4.78, 5) is 13.4. The molecule has 0 unspecified atom stereocenters. The third kappa shape index (κ3) is 3.89. The Hall–Kier alpha value is -1.86. The number of rotatable bonds is 5. The minimum absolute atomic E-state index is 0.0654. The van der Waals surface area contributed by atoms with Crippen LogP contribution in [0, 0.1) is 11.3 Å². The van der Waals surface area contributed by atoms with E-state index >= 15 is 0 Å². The van der Waals surface area contributed by atoms with Crippen molar-refractivity contribution in [2.75, 3.05) is 25.0 Å². The highest BCUT2D eigenvalue weighted by molar-refractivity contribution is 5.92. The molecular formula is C13H17N3O. The van der Waals surface area contributed by atoms with Gasteiger partial charge in [0.2, 0.25) is 5.91 Å². The molecule has 0 atom stereocenters. The van der Waals surface area contributed by atoms with Crippen LogP contribution in [0.1, 0.15) is 18.9 Å². The maximum absolute atomic E-state index is 11.8. The zero-order chi connectivity index (χ0) is 12.7. The molecule has 90 valence electrons. The van der Waals surface area contributed by atoms with E-state index in [1.165, 1.54) is 0 Å².